The van der Waals surface area contributed by atoms with Gasteiger partial charge in [0, 0.05) is 29.2 Å². The molecule has 4 heteroatoms. The molecular formula is C13H16ClN3. The predicted molar refractivity (Wildman–Crippen MR) is 72.2 cm³/mol. The number of aromatic nitrogens is 1. The fraction of sp³-hybridized carbons (Fsp3) is 0.308. The van der Waals surface area contributed by atoms with Gasteiger partial charge >= 0.3 is 0 Å². The fourth-order valence-corrected chi connectivity index (χ4v) is 2.22. The second-order valence-electron chi connectivity index (χ2n) is 3.88. The molecule has 0 radical (unpaired) electrons. The summed E-state index contributed by atoms with van der Waals surface area (Å²) in [6.45, 7) is 3.48. The van der Waals surface area contributed by atoms with Gasteiger partial charge in [-0.3, -0.25) is 4.98 Å². The Kier molecular flexibility index (Phi) is 3.94. The van der Waals surface area contributed by atoms with Crippen molar-refractivity contribution in [2.24, 2.45) is 5.73 Å². The van der Waals surface area contributed by atoms with Crippen LogP contribution in [0.15, 0.2) is 30.5 Å². The number of fused-ring (bicyclic) bond motifs is 1. The van der Waals surface area contributed by atoms with E-state index in [1.165, 1.54) is 0 Å². The van der Waals surface area contributed by atoms with Gasteiger partial charge in [0.1, 0.15) is 0 Å². The molecule has 1 heterocycles. The number of hydrogen-bond acceptors (Lipinski definition) is 3. The van der Waals surface area contributed by atoms with Crippen molar-refractivity contribution in [3.63, 3.8) is 0 Å². The van der Waals surface area contributed by atoms with Crippen LogP contribution in [0.1, 0.15) is 18.5 Å². The second-order valence-corrected chi connectivity index (χ2v) is 4.29. The lowest BCUT2D eigenvalue weighted by Gasteiger charge is -2.18. The first kappa shape index (κ1) is 12.3. The van der Waals surface area contributed by atoms with Crippen molar-refractivity contribution in [3.8, 4) is 0 Å². The number of rotatable bonds is 4. The fourth-order valence-electron chi connectivity index (χ4n) is 2.01. The Balaban J connectivity index is 2.57. The Morgan fingerprint density at radius 3 is 2.94 bits per heavy atom. The van der Waals surface area contributed by atoms with Crippen molar-refractivity contribution in [2.75, 3.05) is 13.1 Å². The molecule has 1 unspecified atom stereocenters. The van der Waals surface area contributed by atoms with Gasteiger partial charge in [0.15, 0.2) is 0 Å². The summed E-state index contributed by atoms with van der Waals surface area (Å²) in [6.07, 6.45) is 1.78. The minimum Gasteiger partial charge on any atom is -0.329 e. The standard InChI is InChI=1S/C13H16ClN3/c1-2-16-12(8-15)10-5-6-11(14)9-4-3-7-17-13(9)10/h3-7,12,16H,2,8,15H2,1H3. The van der Waals surface area contributed by atoms with Crippen LogP contribution in [0.3, 0.4) is 0 Å². The van der Waals surface area contributed by atoms with Crippen LogP contribution in [0.5, 0.6) is 0 Å². The van der Waals surface area contributed by atoms with Gasteiger partial charge in [0.2, 0.25) is 0 Å². The maximum absolute atomic E-state index is 6.16. The second kappa shape index (κ2) is 5.45. The van der Waals surface area contributed by atoms with Crippen LogP contribution >= 0.6 is 11.6 Å². The molecule has 0 bridgehead atoms. The molecule has 0 aliphatic rings. The maximum atomic E-state index is 6.16. The van der Waals surface area contributed by atoms with Crippen LogP contribution in [-0.2, 0) is 0 Å². The first-order valence-electron chi connectivity index (χ1n) is 5.74. The third kappa shape index (κ3) is 2.41. The molecule has 2 rings (SSSR count). The molecule has 0 aliphatic carbocycles. The van der Waals surface area contributed by atoms with E-state index in [1.807, 2.05) is 24.3 Å². The number of pyridine rings is 1. The number of benzene rings is 1. The molecular weight excluding hydrogens is 234 g/mol. The molecule has 90 valence electrons. The van der Waals surface area contributed by atoms with E-state index in [0.717, 1.165) is 28.0 Å². The average Bonchev–Trinajstić information content (AvgIpc) is 2.37. The quantitative estimate of drug-likeness (QED) is 0.875. The Labute approximate surface area is 106 Å². The largest absolute Gasteiger partial charge is 0.329 e. The average molecular weight is 250 g/mol. The van der Waals surface area contributed by atoms with Crippen LogP contribution in [0.25, 0.3) is 10.9 Å². The van der Waals surface area contributed by atoms with Crippen LogP contribution in [0.2, 0.25) is 5.02 Å². The SMILES string of the molecule is CCNC(CN)c1ccc(Cl)c2cccnc12. The summed E-state index contributed by atoms with van der Waals surface area (Å²) in [5.74, 6) is 0. The van der Waals surface area contributed by atoms with E-state index in [4.69, 9.17) is 17.3 Å². The van der Waals surface area contributed by atoms with Crippen molar-refractivity contribution >= 4 is 22.5 Å². The van der Waals surface area contributed by atoms with Crippen LogP contribution in [0, 0.1) is 0 Å². The van der Waals surface area contributed by atoms with Gasteiger partial charge in [0.25, 0.3) is 0 Å². The van der Waals surface area contributed by atoms with Gasteiger partial charge in [-0.25, -0.2) is 0 Å². The molecule has 1 aromatic heterocycles. The summed E-state index contributed by atoms with van der Waals surface area (Å²) in [7, 11) is 0. The summed E-state index contributed by atoms with van der Waals surface area (Å²) in [6, 6.07) is 7.89. The van der Waals surface area contributed by atoms with E-state index in [0.29, 0.717) is 6.54 Å². The first-order valence-corrected chi connectivity index (χ1v) is 6.12. The summed E-state index contributed by atoms with van der Waals surface area (Å²) >= 11 is 6.16. The molecule has 0 saturated carbocycles. The minimum atomic E-state index is 0.120. The van der Waals surface area contributed by atoms with E-state index in [-0.39, 0.29) is 6.04 Å². The van der Waals surface area contributed by atoms with E-state index in [2.05, 4.69) is 17.2 Å². The highest BCUT2D eigenvalue weighted by atomic mass is 35.5. The summed E-state index contributed by atoms with van der Waals surface area (Å²) in [5, 5.41) is 5.05. The molecule has 1 aromatic carbocycles. The summed E-state index contributed by atoms with van der Waals surface area (Å²) in [4.78, 5) is 4.41. The zero-order valence-corrected chi connectivity index (χ0v) is 10.5. The van der Waals surface area contributed by atoms with E-state index in [1.54, 1.807) is 6.20 Å². The van der Waals surface area contributed by atoms with Crippen molar-refractivity contribution < 1.29 is 0 Å². The number of nitrogens with two attached hydrogens (primary N) is 1. The van der Waals surface area contributed by atoms with Gasteiger partial charge < -0.3 is 11.1 Å². The smallest absolute Gasteiger partial charge is 0.0765 e. The van der Waals surface area contributed by atoms with Crippen LogP contribution in [0.4, 0.5) is 0 Å². The number of likely N-dealkylation sites (N-methyl/N-ethyl adjacent to an activating group) is 1. The third-order valence-electron chi connectivity index (χ3n) is 2.81. The zero-order valence-electron chi connectivity index (χ0n) is 9.78. The molecule has 0 saturated heterocycles. The Bertz CT molecular complexity index is 513. The van der Waals surface area contributed by atoms with E-state index >= 15 is 0 Å². The van der Waals surface area contributed by atoms with Crippen molar-refractivity contribution in [2.45, 2.75) is 13.0 Å². The van der Waals surface area contributed by atoms with Crippen LogP contribution in [-0.4, -0.2) is 18.1 Å². The monoisotopic (exact) mass is 249 g/mol. The van der Waals surface area contributed by atoms with E-state index < -0.39 is 0 Å². The number of halogens is 1. The van der Waals surface area contributed by atoms with E-state index in [9.17, 15) is 0 Å². The molecule has 3 nitrogen and oxygen atoms in total. The molecule has 2 aromatic rings. The summed E-state index contributed by atoms with van der Waals surface area (Å²) < 4.78 is 0. The highest BCUT2D eigenvalue weighted by Crippen LogP contribution is 2.27. The lowest BCUT2D eigenvalue weighted by atomic mass is 10.0. The molecule has 0 spiro atoms. The predicted octanol–water partition coefficient (Wildman–Crippen LogP) is 2.50. The number of nitrogens with one attached hydrogen (secondary N) is 1. The maximum Gasteiger partial charge on any atom is 0.0765 e. The van der Waals surface area contributed by atoms with Crippen molar-refractivity contribution in [3.05, 3.63) is 41.0 Å². The number of nitrogens with zero attached hydrogens (tertiary/aromatic N) is 1. The third-order valence-corrected chi connectivity index (χ3v) is 3.14. The Morgan fingerprint density at radius 2 is 2.24 bits per heavy atom. The minimum absolute atomic E-state index is 0.120. The Hall–Kier alpha value is -1.16. The first-order chi connectivity index (χ1) is 8.27. The molecule has 17 heavy (non-hydrogen) atoms. The van der Waals surface area contributed by atoms with Gasteiger partial charge in [0.05, 0.1) is 5.52 Å². The molecule has 1 atom stereocenters. The van der Waals surface area contributed by atoms with Gasteiger partial charge in [-0.2, -0.15) is 0 Å². The normalized spacial score (nSPS) is 12.9. The Morgan fingerprint density at radius 1 is 1.41 bits per heavy atom. The molecule has 0 aliphatic heterocycles. The van der Waals surface area contributed by atoms with Crippen molar-refractivity contribution in [1.29, 1.82) is 0 Å². The lowest BCUT2D eigenvalue weighted by molar-refractivity contribution is 0.564. The van der Waals surface area contributed by atoms with Gasteiger partial charge in [-0.05, 0) is 30.3 Å². The molecule has 0 fully saturated rings. The zero-order chi connectivity index (χ0) is 12.3. The number of hydrogen-bond donors (Lipinski definition) is 2. The summed E-state index contributed by atoms with van der Waals surface area (Å²) in [5.41, 5.74) is 7.83. The van der Waals surface area contributed by atoms with Crippen molar-refractivity contribution in [1.82, 2.24) is 10.3 Å². The highest BCUT2D eigenvalue weighted by molar-refractivity contribution is 6.35. The van der Waals surface area contributed by atoms with Gasteiger partial charge in [-0.15, -0.1) is 0 Å². The molecule has 0 amide bonds. The highest BCUT2D eigenvalue weighted by Gasteiger charge is 2.13. The van der Waals surface area contributed by atoms with Crippen LogP contribution < -0.4 is 11.1 Å². The van der Waals surface area contributed by atoms with Gasteiger partial charge in [-0.1, -0.05) is 24.6 Å². The molecule has 3 N–H and O–H groups in total. The topological polar surface area (TPSA) is 50.9 Å². The lowest BCUT2D eigenvalue weighted by Crippen LogP contribution is -2.28.